The van der Waals surface area contributed by atoms with Crippen LogP contribution in [0.5, 0.6) is 0 Å². The van der Waals surface area contributed by atoms with Gasteiger partial charge in [-0.15, -0.1) is 10.2 Å². The Labute approximate surface area is 174 Å². The lowest BCUT2D eigenvalue weighted by molar-refractivity contribution is -0.138. The van der Waals surface area contributed by atoms with E-state index in [1.54, 1.807) is 19.1 Å². The van der Waals surface area contributed by atoms with Crippen molar-refractivity contribution in [2.75, 3.05) is 10.0 Å². The standard InChI is InChI=1S/C18H15F3N4O3S2/c1-10-4-3-5-14(11(10)2)25-30(27,28)13-8-6-12(7-9-13)15(26)22-17-24-23-16(29-17)18(19,20)21/h3-9,25H,1-2H3,(H,22,24,26). The van der Waals surface area contributed by atoms with E-state index in [-0.39, 0.29) is 26.9 Å². The fraction of sp³-hybridized carbons (Fsp3) is 0.167. The Hall–Kier alpha value is -2.99. The first-order chi connectivity index (χ1) is 14.0. The second-order valence-corrected chi connectivity index (χ2v) is 8.90. The van der Waals surface area contributed by atoms with Crippen LogP contribution in [-0.4, -0.2) is 24.5 Å². The topological polar surface area (TPSA) is 101 Å². The third-order valence-electron chi connectivity index (χ3n) is 4.16. The Kier molecular flexibility index (Phi) is 5.81. The zero-order valence-corrected chi connectivity index (χ0v) is 17.2. The molecule has 0 radical (unpaired) electrons. The number of nitrogens with zero attached hydrogens (tertiary/aromatic N) is 2. The molecule has 2 aromatic carbocycles. The highest BCUT2D eigenvalue weighted by atomic mass is 32.2. The van der Waals surface area contributed by atoms with E-state index < -0.39 is 27.1 Å². The van der Waals surface area contributed by atoms with Crippen molar-refractivity contribution in [3.05, 3.63) is 64.2 Å². The highest BCUT2D eigenvalue weighted by Crippen LogP contribution is 2.33. The second kappa shape index (κ2) is 8.03. The third kappa shape index (κ3) is 4.76. The summed E-state index contributed by atoms with van der Waals surface area (Å²) in [4.78, 5) is 12.1. The number of aromatic nitrogens is 2. The molecule has 1 amide bonds. The van der Waals surface area contributed by atoms with Gasteiger partial charge in [0.25, 0.3) is 15.9 Å². The summed E-state index contributed by atoms with van der Waals surface area (Å²) in [6.45, 7) is 3.65. The van der Waals surface area contributed by atoms with Crippen LogP contribution in [0.3, 0.4) is 0 Å². The third-order valence-corrected chi connectivity index (χ3v) is 6.43. The number of amides is 1. The minimum atomic E-state index is -4.65. The van der Waals surface area contributed by atoms with Gasteiger partial charge in [0.05, 0.1) is 10.6 Å². The number of rotatable bonds is 5. The molecule has 0 saturated carbocycles. The lowest BCUT2D eigenvalue weighted by Gasteiger charge is -2.12. The molecule has 1 heterocycles. The Morgan fingerprint density at radius 2 is 1.70 bits per heavy atom. The van der Waals surface area contributed by atoms with E-state index in [4.69, 9.17) is 0 Å². The molecule has 0 aliphatic carbocycles. The van der Waals surface area contributed by atoms with Crippen molar-refractivity contribution in [3.63, 3.8) is 0 Å². The quantitative estimate of drug-likeness (QED) is 0.599. The molecule has 0 bridgehead atoms. The first-order valence-electron chi connectivity index (χ1n) is 8.38. The smallest absolute Gasteiger partial charge is 0.296 e. The average Bonchev–Trinajstić information content (AvgIpc) is 3.14. The van der Waals surface area contributed by atoms with Gasteiger partial charge in [-0.05, 0) is 55.3 Å². The van der Waals surface area contributed by atoms with E-state index in [0.29, 0.717) is 5.69 Å². The van der Waals surface area contributed by atoms with Crippen LogP contribution in [0.2, 0.25) is 0 Å². The maximum atomic E-state index is 12.6. The molecule has 0 spiro atoms. The number of aryl methyl sites for hydroxylation is 1. The van der Waals surface area contributed by atoms with Gasteiger partial charge in [-0.3, -0.25) is 14.8 Å². The van der Waals surface area contributed by atoms with Crippen molar-refractivity contribution in [2.45, 2.75) is 24.9 Å². The molecule has 2 N–H and O–H groups in total. The molecule has 0 unspecified atom stereocenters. The van der Waals surface area contributed by atoms with Crippen molar-refractivity contribution >= 4 is 38.1 Å². The highest BCUT2D eigenvalue weighted by Gasteiger charge is 2.35. The summed E-state index contributed by atoms with van der Waals surface area (Å²) < 4.78 is 65.4. The van der Waals surface area contributed by atoms with Crippen molar-refractivity contribution in [1.29, 1.82) is 0 Å². The van der Waals surface area contributed by atoms with Gasteiger partial charge >= 0.3 is 6.18 Å². The fourth-order valence-corrected chi connectivity index (χ4v) is 4.14. The van der Waals surface area contributed by atoms with Gasteiger partial charge in [0.1, 0.15) is 0 Å². The van der Waals surface area contributed by atoms with E-state index in [9.17, 15) is 26.4 Å². The summed E-state index contributed by atoms with van der Waals surface area (Å²) >= 11 is 0.189. The van der Waals surface area contributed by atoms with Crippen molar-refractivity contribution < 1.29 is 26.4 Å². The summed E-state index contributed by atoms with van der Waals surface area (Å²) in [5, 5.41) is 6.95. The molecule has 0 atom stereocenters. The van der Waals surface area contributed by atoms with Crippen LogP contribution >= 0.6 is 11.3 Å². The Morgan fingerprint density at radius 3 is 2.30 bits per heavy atom. The minimum Gasteiger partial charge on any atom is -0.296 e. The monoisotopic (exact) mass is 456 g/mol. The zero-order chi connectivity index (χ0) is 22.1. The normalized spacial score (nSPS) is 11.9. The molecule has 30 heavy (non-hydrogen) atoms. The summed E-state index contributed by atoms with van der Waals surface area (Å²) in [5.41, 5.74) is 2.19. The maximum absolute atomic E-state index is 12.6. The molecule has 3 aromatic rings. The molecule has 0 saturated heterocycles. The number of carbonyl (C=O) groups excluding carboxylic acids is 1. The van der Waals surface area contributed by atoms with E-state index in [1.165, 1.54) is 24.3 Å². The highest BCUT2D eigenvalue weighted by molar-refractivity contribution is 7.92. The molecule has 12 heteroatoms. The summed E-state index contributed by atoms with van der Waals surface area (Å²) in [5.74, 6) is -0.744. The van der Waals surface area contributed by atoms with Gasteiger partial charge in [-0.2, -0.15) is 13.2 Å². The van der Waals surface area contributed by atoms with Gasteiger partial charge in [0, 0.05) is 5.56 Å². The van der Waals surface area contributed by atoms with Crippen LogP contribution in [0.1, 0.15) is 26.5 Å². The number of alkyl halides is 3. The molecule has 158 valence electrons. The summed E-state index contributed by atoms with van der Waals surface area (Å²) in [6, 6.07) is 10.2. The molecular weight excluding hydrogens is 441 g/mol. The minimum absolute atomic E-state index is 0.0458. The zero-order valence-electron chi connectivity index (χ0n) is 15.6. The van der Waals surface area contributed by atoms with Gasteiger partial charge in [0.15, 0.2) is 0 Å². The lowest BCUT2D eigenvalue weighted by Crippen LogP contribution is -2.15. The van der Waals surface area contributed by atoms with Crippen molar-refractivity contribution in [2.24, 2.45) is 0 Å². The fourth-order valence-electron chi connectivity index (χ4n) is 2.41. The number of hydrogen-bond donors (Lipinski definition) is 2. The largest absolute Gasteiger partial charge is 0.445 e. The van der Waals surface area contributed by atoms with Gasteiger partial charge in [0.2, 0.25) is 10.1 Å². The van der Waals surface area contributed by atoms with Gasteiger partial charge in [-0.1, -0.05) is 23.5 Å². The molecule has 7 nitrogen and oxygen atoms in total. The van der Waals surface area contributed by atoms with Crippen LogP contribution in [0.4, 0.5) is 24.0 Å². The molecule has 0 aliphatic rings. The first-order valence-corrected chi connectivity index (χ1v) is 10.7. The SMILES string of the molecule is Cc1cccc(NS(=O)(=O)c2ccc(C(=O)Nc3nnc(C(F)(F)F)s3)cc2)c1C. The van der Waals surface area contributed by atoms with Crippen LogP contribution in [0.15, 0.2) is 47.4 Å². The van der Waals surface area contributed by atoms with Crippen molar-refractivity contribution in [3.8, 4) is 0 Å². The number of carbonyl (C=O) groups is 1. The number of benzene rings is 2. The number of anilines is 2. The molecule has 3 rings (SSSR count). The van der Waals surface area contributed by atoms with E-state index in [1.807, 2.05) is 13.0 Å². The Balaban J connectivity index is 1.74. The van der Waals surface area contributed by atoms with Crippen LogP contribution in [0, 0.1) is 13.8 Å². The van der Waals surface area contributed by atoms with E-state index >= 15 is 0 Å². The predicted octanol–water partition coefficient (Wildman–Crippen LogP) is 4.23. The second-order valence-electron chi connectivity index (χ2n) is 6.24. The maximum Gasteiger partial charge on any atom is 0.445 e. The lowest BCUT2D eigenvalue weighted by atomic mass is 10.1. The van der Waals surface area contributed by atoms with Crippen molar-refractivity contribution in [1.82, 2.24) is 10.2 Å². The van der Waals surface area contributed by atoms with E-state index in [2.05, 4.69) is 20.2 Å². The summed E-state index contributed by atoms with van der Waals surface area (Å²) in [7, 11) is -3.89. The number of hydrogen-bond acceptors (Lipinski definition) is 6. The van der Waals surface area contributed by atoms with Crippen LogP contribution in [-0.2, 0) is 16.2 Å². The molecule has 0 aliphatic heterocycles. The number of sulfonamides is 1. The first kappa shape index (κ1) is 21.7. The number of nitrogens with one attached hydrogen (secondary N) is 2. The van der Waals surface area contributed by atoms with Gasteiger partial charge < -0.3 is 0 Å². The van der Waals surface area contributed by atoms with E-state index in [0.717, 1.165) is 11.1 Å². The van der Waals surface area contributed by atoms with Gasteiger partial charge in [-0.25, -0.2) is 8.42 Å². The van der Waals surface area contributed by atoms with Crippen LogP contribution < -0.4 is 10.0 Å². The Morgan fingerprint density at radius 1 is 1.03 bits per heavy atom. The number of halogens is 3. The Bertz CT molecular complexity index is 1190. The predicted molar refractivity (Wildman–Crippen MR) is 106 cm³/mol. The summed E-state index contributed by atoms with van der Waals surface area (Å²) in [6.07, 6.45) is -4.65. The van der Waals surface area contributed by atoms with Crippen LogP contribution in [0.25, 0.3) is 0 Å². The average molecular weight is 456 g/mol. The molecular formula is C18H15F3N4O3S2. The molecule has 0 fully saturated rings. The molecule has 1 aromatic heterocycles.